The summed E-state index contributed by atoms with van der Waals surface area (Å²) >= 11 is 0. The molecule has 0 saturated carbocycles. The molecule has 0 heterocycles. The van der Waals surface area contributed by atoms with Crippen molar-refractivity contribution in [2.75, 3.05) is 0 Å². The normalized spacial score (nSPS) is 4.80. The molecule has 0 rings (SSSR count). The molecule has 0 nitrogen and oxygen atoms in total. The van der Waals surface area contributed by atoms with E-state index in [4.69, 9.17) is 0 Å². The SMILES string of the molecule is CC.CC.CC.CC.CCC.CCCC.[HH]. The van der Waals surface area contributed by atoms with E-state index < -0.39 is 0 Å². The molecular weight excluding hydrogens is 180 g/mol. The lowest BCUT2D eigenvalue weighted by molar-refractivity contribution is 0.886. The zero-order valence-electron chi connectivity index (χ0n) is 14.1. The molecule has 15 heavy (non-hydrogen) atoms. The maximum absolute atomic E-state index is 2.18. The first-order valence-electron chi connectivity index (χ1n) is 7.33. The van der Waals surface area contributed by atoms with Gasteiger partial charge in [0.25, 0.3) is 0 Å². The van der Waals surface area contributed by atoms with Crippen molar-refractivity contribution in [2.24, 2.45) is 0 Å². The van der Waals surface area contributed by atoms with Crippen molar-refractivity contribution < 1.29 is 1.43 Å². The minimum absolute atomic E-state index is 0. The van der Waals surface area contributed by atoms with Gasteiger partial charge < -0.3 is 0 Å². The molecule has 0 fully saturated rings. The lowest BCUT2D eigenvalue weighted by Crippen LogP contribution is -1.47. The predicted molar refractivity (Wildman–Crippen MR) is 84.1 cm³/mol. The standard InChI is InChI=1S/C4H10.C3H8.4C2H6.H2/c1-3-4-2;1-3-2;4*1-2;/h3-4H2,1-2H3;3H2,1-2H3;4*1-2H3;1H. The van der Waals surface area contributed by atoms with Gasteiger partial charge in [-0.2, -0.15) is 0 Å². The summed E-state index contributed by atoms with van der Waals surface area (Å²) in [5.74, 6) is 0. The number of hydrogen-bond acceptors (Lipinski definition) is 0. The van der Waals surface area contributed by atoms with Crippen LogP contribution in [0.1, 0.15) is 104 Å². The molecule has 0 aromatic heterocycles. The third-order valence-corrected chi connectivity index (χ3v) is 0.500. The van der Waals surface area contributed by atoms with Crippen molar-refractivity contribution in [3.8, 4) is 0 Å². The number of rotatable bonds is 1. The van der Waals surface area contributed by atoms with Crippen LogP contribution in [0.5, 0.6) is 0 Å². The molecule has 0 aliphatic carbocycles. The highest BCUT2D eigenvalue weighted by molar-refractivity contribution is 4.12. The molecule has 0 aliphatic heterocycles. The molecule has 0 bridgehead atoms. The first-order chi connectivity index (χ1) is 7.33. The molecule has 0 radical (unpaired) electrons. The van der Waals surface area contributed by atoms with E-state index in [9.17, 15) is 0 Å². The Balaban J connectivity index is -0.0000000124. The Hall–Kier alpha value is 0. The predicted octanol–water partition coefficient (Wildman–Crippen LogP) is 7.57. The van der Waals surface area contributed by atoms with Gasteiger partial charge in [-0.25, -0.2) is 0 Å². The minimum atomic E-state index is 0. The fraction of sp³-hybridized carbons (Fsp3) is 1.00. The maximum atomic E-state index is 2.18. The van der Waals surface area contributed by atoms with Crippen LogP contribution in [-0.2, 0) is 0 Å². The van der Waals surface area contributed by atoms with Crippen molar-refractivity contribution in [2.45, 2.75) is 102 Å². The van der Waals surface area contributed by atoms with Gasteiger partial charge in [-0.15, -0.1) is 0 Å². The van der Waals surface area contributed by atoms with Crippen molar-refractivity contribution in [3.05, 3.63) is 0 Å². The van der Waals surface area contributed by atoms with Crippen molar-refractivity contribution in [3.63, 3.8) is 0 Å². The van der Waals surface area contributed by atoms with Crippen LogP contribution in [-0.4, -0.2) is 0 Å². The Morgan fingerprint density at radius 3 is 0.533 bits per heavy atom. The summed E-state index contributed by atoms with van der Waals surface area (Å²) < 4.78 is 0. The third-order valence-electron chi connectivity index (χ3n) is 0.500. The second-order valence-corrected chi connectivity index (χ2v) is 1.71. The van der Waals surface area contributed by atoms with E-state index >= 15 is 0 Å². The highest BCUT2D eigenvalue weighted by Crippen LogP contribution is 1.76. The zero-order valence-corrected chi connectivity index (χ0v) is 14.1. The largest absolute Gasteiger partial charge is 0.0683 e. The van der Waals surface area contributed by atoms with Gasteiger partial charge in [-0.1, -0.05) is 102 Å². The molecule has 0 aliphatic rings. The Kier molecular flexibility index (Phi) is 636. The Labute approximate surface area is 104 Å². The average Bonchev–Trinajstić information content (AvgIpc) is 2.39. The van der Waals surface area contributed by atoms with E-state index in [1.54, 1.807) is 0 Å². The smallest absolute Gasteiger partial charge is 0 e. The molecule has 0 N–H and O–H groups in total. The van der Waals surface area contributed by atoms with E-state index in [0.717, 1.165) is 0 Å². The highest BCUT2D eigenvalue weighted by Gasteiger charge is 1.56. The van der Waals surface area contributed by atoms with Crippen molar-refractivity contribution in [1.82, 2.24) is 0 Å². The molecule has 0 aromatic carbocycles. The lowest BCUT2D eigenvalue weighted by atomic mass is 10.4. The lowest BCUT2D eigenvalue weighted by Gasteiger charge is -1.68. The molecule has 0 heteroatoms. The molecule has 0 aromatic rings. The van der Waals surface area contributed by atoms with Crippen LogP contribution in [0.2, 0.25) is 0 Å². The highest BCUT2D eigenvalue weighted by atomic mass is 13.6. The van der Waals surface area contributed by atoms with Crippen LogP contribution in [0, 0.1) is 0 Å². The molecule has 0 atom stereocenters. The summed E-state index contributed by atoms with van der Waals surface area (Å²) in [5, 5.41) is 0. The summed E-state index contributed by atoms with van der Waals surface area (Å²) in [6.07, 6.45) is 3.89. The van der Waals surface area contributed by atoms with Crippen LogP contribution in [0.4, 0.5) is 0 Å². The third kappa shape index (κ3) is 2020. The monoisotopic (exact) mass is 224 g/mol. The minimum Gasteiger partial charge on any atom is -0.0683 e. The van der Waals surface area contributed by atoms with E-state index in [1.165, 1.54) is 19.3 Å². The van der Waals surface area contributed by atoms with Gasteiger partial charge >= 0.3 is 0 Å². The first-order valence-corrected chi connectivity index (χ1v) is 7.33. The van der Waals surface area contributed by atoms with Crippen molar-refractivity contribution >= 4 is 0 Å². The van der Waals surface area contributed by atoms with Gasteiger partial charge in [0.2, 0.25) is 0 Å². The van der Waals surface area contributed by atoms with Crippen LogP contribution < -0.4 is 0 Å². The Bertz CT molecular complexity index is 12.9. The quantitative estimate of drug-likeness (QED) is 0.431. The zero-order chi connectivity index (χ0) is 14.1. The van der Waals surface area contributed by atoms with Gasteiger partial charge in [0, 0.05) is 1.43 Å². The topological polar surface area (TPSA) is 0 Å². The molecule has 0 amide bonds. The summed E-state index contributed by atoms with van der Waals surface area (Å²) in [6.45, 7) is 24.6. The van der Waals surface area contributed by atoms with Crippen LogP contribution >= 0.6 is 0 Å². The summed E-state index contributed by atoms with van der Waals surface area (Å²) in [5.41, 5.74) is 0. The number of hydrogen-bond donors (Lipinski definition) is 0. The number of unbranched alkanes of at least 4 members (excludes halogenated alkanes) is 1. The Morgan fingerprint density at radius 2 is 0.533 bits per heavy atom. The van der Waals surface area contributed by atoms with Gasteiger partial charge in [-0.05, 0) is 0 Å². The maximum Gasteiger partial charge on any atom is 0 e. The van der Waals surface area contributed by atoms with Gasteiger partial charge in [0.05, 0.1) is 0 Å². The van der Waals surface area contributed by atoms with Gasteiger partial charge in [-0.3, -0.25) is 0 Å². The van der Waals surface area contributed by atoms with E-state index in [2.05, 4.69) is 27.7 Å². The summed E-state index contributed by atoms with van der Waals surface area (Å²) in [7, 11) is 0. The van der Waals surface area contributed by atoms with E-state index in [-0.39, 0.29) is 1.43 Å². The summed E-state index contributed by atoms with van der Waals surface area (Å²) in [4.78, 5) is 0. The molecule has 0 unspecified atom stereocenters. The summed E-state index contributed by atoms with van der Waals surface area (Å²) in [6, 6.07) is 0. The average molecular weight is 225 g/mol. The Morgan fingerprint density at radius 1 is 0.467 bits per heavy atom. The van der Waals surface area contributed by atoms with Crippen LogP contribution in [0.3, 0.4) is 0 Å². The van der Waals surface area contributed by atoms with E-state index in [1.807, 2.05) is 55.4 Å². The first kappa shape index (κ1) is 36.3. The second kappa shape index (κ2) is 263. The molecule has 0 saturated heterocycles. The van der Waals surface area contributed by atoms with Gasteiger partial charge in [0.1, 0.15) is 0 Å². The second-order valence-electron chi connectivity index (χ2n) is 1.71. The molecule has 104 valence electrons. The fourth-order valence-corrected chi connectivity index (χ4v) is 0. The molecular formula is C15H44. The van der Waals surface area contributed by atoms with E-state index in [0.29, 0.717) is 0 Å². The van der Waals surface area contributed by atoms with Gasteiger partial charge in [0.15, 0.2) is 0 Å². The van der Waals surface area contributed by atoms with Crippen molar-refractivity contribution in [1.29, 1.82) is 0 Å². The fourth-order valence-electron chi connectivity index (χ4n) is 0. The van der Waals surface area contributed by atoms with Crippen LogP contribution in [0.25, 0.3) is 0 Å². The molecule has 0 spiro atoms. The van der Waals surface area contributed by atoms with Crippen LogP contribution in [0.15, 0.2) is 0 Å².